The van der Waals surface area contributed by atoms with Gasteiger partial charge in [0.25, 0.3) is 0 Å². The highest BCUT2D eigenvalue weighted by molar-refractivity contribution is 5.40. The average molecular weight is 225 g/mol. The molecular weight excluding hydrogens is 206 g/mol. The third-order valence-corrected chi connectivity index (χ3v) is 3.78. The molecule has 0 aromatic heterocycles. The summed E-state index contributed by atoms with van der Waals surface area (Å²) in [6, 6.07) is 9.00. The quantitative estimate of drug-likeness (QED) is 0.715. The molecule has 88 valence electrons. The number of allylic oxidation sites excluding steroid dienone is 1. The van der Waals surface area contributed by atoms with Crippen LogP contribution >= 0.6 is 0 Å². The van der Waals surface area contributed by atoms with Gasteiger partial charge in [0.2, 0.25) is 0 Å². The van der Waals surface area contributed by atoms with Crippen LogP contribution in [0.2, 0.25) is 0 Å². The molecule has 1 atom stereocenters. The van der Waals surface area contributed by atoms with Gasteiger partial charge in [-0.3, -0.25) is 0 Å². The van der Waals surface area contributed by atoms with Gasteiger partial charge in [0, 0.05) is 0 Å². The lowest BCUT2D eigenvalue weighted by atomic mass is 9.78. The van der Waals surface area contributed by atoms with Gasteiger partial charge < -0.3 is 0 Å². The van der Waals surface area contributed by atoms with Crippen LogP contribution in [0.1, 0.15) is 42.9 Å². The van der Waals surface area contributed by atoms with Gasteiger partial charge in [-0.05, 0) is 55.7 Å². The highest BCUT2D eigenvalue weighted by atomic mass is 14.4. The van der Waals surface area contributed by atoms with E-state index in [9.17, 15) is 5.26 Å². The van der Waals surface area contributed by atoms with E-state index in [1.807, 2.05) is 13.0 Å². The Kier molecular flexibility index (Phi) is 3.33. The number of benzene rings is 1. The molecule has 0 heterocycles. The van der Waals surface area contributed by atoms with E-state index in [-0.39, 0.29) is 0 Å². The molecule has 1 aliphatic carbocycles. The van der Waals surface area contributed by atoms with E-state index in [1.165, 1.54) is 36.8 Å². The van der Waals surface area contributed by atoms with Crippen molar-refractivity contribution in [2.45, 2.75) is 44.4 Å². The summed E-state index contributed by atoms with van der Waals surface area (Å²) in [6.07, 6.45) is 7.49. The molecule has 0 aliphatic heterocycles. The largest absolute Gasteiger partial charge is 0.197 e. The van der Waals surface area contributed by atoms with Crippen molar-refractivity contribution in [3.8, 4) is 6.07 Å². The molecule has 1 unspecified atom stereocenters. The maximum atomic E-state index is 9.38. The number of hydrogen-bond donors (Lipinski definition) is 0. The molecule has 0 saturated carbocycles. The van der Waals surface area contributed by atoms with Crippen molar-refractivity contribution in [3.63, 3.8) is 0 Å². The third kappa shape index (κ3) is 2.26. The second-order valence-electron chi connectivity index (χ2n) is 5.13. The Morgan fingerprint density at radius 2 is 2.06 bits per heavy atom. The molecule has 0 N–H and O–H groups in total. The van der Waals surface area contributed by atoms with E-state index < -0.39 is 5.41 Å². The number of nitriles is 1. The number of rotatable bonds is 3. The second-order valence-corrected chi connectivity index (χ2v) is 5.13. The summed E-state index contributed by atoms with van der Waals surface area (Å²) >= 11 is 0. The van der Waals surface area contributed by atoms with Crippen LogP contribution in [0.25, 0.3) is 0 Å². The minimum atomic E-state index is -0.422. The van der Waals surface area contributed by atoms with Crippen molar-refractivity contribution < 1.29 is 0 Å². The molecule has 1 nitrogen and oxygen atoms in total. The van der Waals surface area contributed by atoms with Crippen LogP contribution in [0.3, 0.4) is 0 Å². The lowest BCUT2D eigenvalue weighted by Crippen LogP contribution is -2.19. The van der Waals surface area contributed by atoms with Gasteiger partial charge in [-0.2, -0.15) is 5.26 Å². The van der Waals surface area contributed by atoms with Crippen LogP contribution < -0.4 is 0 Å². The van der Waals surface area contributed by atoms with Gasteiger partial charge in [-0.15, -0.1) is 6.58 Å². The molecule has 17 heavy (non-hydrogen) atoms. The Morgan fingerprint density at radius 1 is 1.35 bits per heavy atom. The van der Waals surface area contributed by atoms with Crippen LogP contribution in [0.5, 0.6) is 0 Å². The summed E-state index contributed by atoms with van der Waals surface area (Å²) in [5.41, 5.74) is 3.63. The molecule has 2 rings (SSSR count). The Bertz CT molecular complexity index is 467. The summed E-state index contributed by atoms with van der Waals surface area (Å²) in [7, 11) is 0. The third-order valence-electron chi connectivity index (χ3n) is 3.78. The Hall–Kier alpha value is -1.55. The first-order valence-electron chi connectivity index (χ1n) is 6.34. The fraction of sp³-hybridized carbons (Fsp3) is 0.438. The first-order valence-corrected chi connectivity index (χ1v) is 6.34. The molecule has 1 aliphatic rings. The summed E-state index contributed by atoms with van der Waals surface area (Å²) in [4.78, 5) is 0. The predicted octanol–water partition coefficient (Wildman–Crippen LogP) is 3.92. The van der Waals surface area contributed by atoms with Crippen molar-refractivity contribution in [3.05, 3.63) is 47.5 Å². The van der Waals surface area contributed by atoms with E-state index in [0.29, 0.717) is 6.42 Å². The molecule has 1 aromatic rings. The summed E-state index contributed by atoms with van der Waals surface area (Å²) in [6.45, 7) is 5.75. The van der Waals surface area contributed by atoms with E-state index in [4.69, 9.17) is 0 Å². The van der Waals surface area contributed by atoms with Gasteiger partial charge in [-0.25, -0.2) is 0 Å². The minimum absolute atomic E-state index is 0.422. The van der Waals surface area contributed by atoms with Crippen molar-refractivity contribution in [2.75, 3.05) is 0 Å². The molecule has 1 heteroatoms. The SMILES string of the molecule is C=CCC(C)(C#N)c1ccc2c(c1)CCCC2. The fourth-order valence-corrected chi connectivity index (χ4v) is 2.59. The molecule has 0 amide bonds. The second kappa shape index (κ2) is 4.75. The van der Waals surface area contributed by atoms with E-state index in [1.54, 1.807) is 0 Å². The minimum Gasteiger partial charge on any atom is -0.197 e. The van der Waals surface area contributed by atoms with Gasteiger partial charge in [0.15, 0.2) is 0 Å². The van der Waals surface area contributed by atoms with Crippen LogP contribution in [0.15, 0.2) is 30.9 Å². The number of aryl methyl sites for hydroxylation is 2. The molecule has 0 radical (unpaired) electrons. The zero-order valence-electron chi connectivity index (χ0n) is 10.5. The maximum Gasteiger partial charge on any atom is 0.0828 e. The number of fused-ring (bicyclic) bond motifs is 1. The van der Waals surface area contributed by atoms with Crippen molar-refractivity contribution in [2.24, 2.45) is 0 Å². The summed E-state index contributed by atoms with van der Waals surface area (Å²) in [5, 5.41) is 9.38. The monoisotopic (exact) mass is 225 g/mol. The highest BCUT2D eigenvalue weighted by Crippen LogP contribution is 2.31. The molecule has 0 fully saturated rings. The van der Waals surface area contributed by atoms with Crippen LogP contribution in [-0.2, 0) is 18.3 Å². The standard InChI is InChI=1S/C16H19N/c1-3-10-16(2,12-17)15-9-8-13-6-4-5-7-14(13)11-15/h3,8-9,11H,1,4-7,10H2,2H3. The zero-order chi connectivity index (χ0) is 12.3. The van der Waals surface area contributed by atoms with Gasteiger partial charge >= 0.3 is 0 Å². The van der Waals surface area contributed by atoms with Crippen LogP contribution in [-0.4, -0.2) is 0 Å². The molecule has 1 aromatic carbocycles. The lowest BCUT2D eigenvalue weighted by molar-refractivity contribution is 0.615. The average Bonchev–Trinajstić information content (AvgIpc) is 2.38. The van der Waals surface area contributed by atoms with Gasteiger partial charge in [0.1, 0.15) is 0 Å². The summed E-state index contributed by atoms with van der Waals surface area (Å²) in [5.74, 6) is 0. The van der Waals surface area contributed by atoms with Crippen LogP contribution in [0.4, 0.5) is 0 Å². The van der Waals surface area contributed by atoms with E-state index in [0.717, 1.165) is 5.56 Å². The van der Waals surface area contributed by atoms with Crippen molar-refractivity contribution in [1.29, 1.82) is 5.26 Å². The van der Waals surface area contributed by atoms with E-state index in [2.05, 4.69) is 30.8 Å². The molecular formula is C16H19N. The fourth-order valence-electron chi connectivity index (χ4n) is 2.59. The highest BCUT2D eigenvalue weighted by Gasteiger charge is 2.25. The molecule has 0 bridgehead atoms. The number of hydrogen-bond acceptors (Lipinski definition) is 1. The van der Waals surface area contributed by atoms with E-state index >= 15 is 0 Å². The number of nitrogens with zero attached hydrogens (tertiary/aromatic N) is 1. The first kappa shape index (κ1) is 11.9. The lowest BCUT2D eigenvalue weighted by Gasteiger charge is -2.23. The van der Waals surface area contributed by atoms with Crippen molar-refractivity contribution in [1.82, 2.24) is 0 Å². The summed E-state index contributed by atoms with van der Waals surface area (Å²) < 4.78 is 0. The van der Waals surface area contributed by atoms with Crippen LogP contribution in [0, 0.1) is 11.3 Å². The predicted molar refractivity (Wildman–Crippen MR) is 70.9 cm³/mol. The first-order chi connectivity index (χ1) is 8.19. The normalized spacial score (nSPS) is 17.6. The maximum absolute atomic E-state index is 9.38. The Labute approximate surface area is 104 Å². The zero-order valence-corrected chi connectivity index (χ0v) is 10.5. The smallest absolute Gasteiger partial charge is 0.0828 e. The topological polar surface area (TPSA) is 23.8 Å². The van der Waals surface area contributed by atoms with Crippen molar-refractivity contribution >= 4 is 0 Å². The molecule has 0 saturated heterocycles. The van der Waals surface area contributed by atoms with Gasteiger partial charge in [0.05, 0.1) is 11.5 Å². The Balaban J connectivity index is 2.39. The van der Waals surface area contributed by atoms with Gasteiger partial charge in [-0.1, -0.05) is 24.3 Å². The molecule has 0 spiro atoms. The Morgan fingerprint density at radius 3 is 2.71 bits per heavy atom.